The molecule has 1 N–H and O–H groups in total. The van der Waals surface area contributed by atoms with Crippen LogP contribution in [0.3, 0.4) is 0 Å². The Kier molecular flexibility index (Phi) is 8.22. The number of hydrogen-bond acceptors (Lipinski definition) is 3. The van der Waals surface area contributed by atoms with E-state index in [1.807, 2.05) is 24.4 Å². The standard InChI is InChI=1S/C21H27NO2/c1-24-16-3-2-6-21(23)14-13-19-9-7-18(8-10-19)11-12-20-5-4-15-22-17-20/h4-5,7-10,13-15,17,21,23H,2-3,6,11-12,16H2,1H3. The molecular formula is C21H27NO2. The van der Waals surface area contributed by atoms with Gasteiger partial charge in [0.2, 0.25) is 0 Å². The molecule has 0 bridgehead atoms. The number of nitrogens with zero attached hydrogens (tertiary/aromatic N) is 1. The molecule has 1 aromatic carbocycles. The van der Waals surface area contributed by atoms with Crippen LogP contribution in [-0.4, -0.2) is 29.9 Å². The number of unbranched alkanes of at least 4 members (excludes halogenated alkanes) is 1. The lowest BCUT2D eigenvalue weighted by Gasteiger charge is -2.05. The first-order chi connectivity index (χ1) is 11.8. The van der Waals surface area contributed by atoms with E-state index in [0.717, 1.165) is 44.3 Å². The van der Waals surface area contributed by atoms with Gasteiger partial charge in [0.05, 0.1) is 6.10 Å². The number of rotatable bonds is 10. The molecule has 0 aliphatic carbocycles. The molecule has 1 atom stereocenters. The van der Waals surface area contributed by atoms with Crippen LogP contribution in [0.1, 0.15) is 36.0 Å². The van der Waals surface area contributed by atoms with Crippen LogP contribution in [0, 0.1) is 0 Å². The fraction of sp³-hybridized carbons (Fsp3) is 0.381. The van der Waals surface area contributed by atoms with Gasteiger partial charge in [-0.3, -0.25) is 4.98 Å². The number of hydrogen-bond donors (Lipinski definition) is 1. The summed E-state index contributed by atoms with van der Waals surface area (Å²) in [6, 6.07) is 12.6. The van der Waals surface area contributed by atoms with Gasteiger partial charge in [0, 0.05) is 26.1 Å². The molecule has 1 unspecified atom stereocenters. The van der Waals surface area contributed by atoms with Crippen LogP contribution in [-0.2, 0) is 17.6 Å². The first-order valence-electron chi connectivity index (χ1n) is 8.61. The van der Waals surface area contributed by atoms with Crippen molar-refractivity contribution < 1.29 is 9.84 Å². The minimum absolute atomic E-state index is 0.382. The summed E-state index contributed by atoms with van der Waals surface area (Å²) in [5, 5.41) is 9.94. The number of benzene rings is 1. The molecule has 3 nitrogen and oxygen atoms in total. The van der Waals surface area contributed by atoms with Gasteiger partial charge in [0.25, 0.3) is 0 Å². The average molecular weight is 325 g/mol. The van der Waals surface area contributed by atoms with Crippen molar-refractivity contribution in [1.29, 1.82) is 0 Å². The summed E-state index contributed by atoms with van der Waals surface area (Å²) in [7, 11) is 1.71. The Morgan fingerprint density at radius 2 is 1.88 bits per heavy atom. The third-order valence-electron chi connectivity index (χ3n) is 4.01. The van der Waals surface area contributed by atoms with Crippen LogP contribution in [0.5, 0.6) is 0 Å². The molecule has 0 radical (unpaired) electrons. The number of aryl methyl sites for hydroxylation is 2. The highest BCUT2D eigenvalue weighted by molar-refractivity contribution is 5.50. The quantitative estimate of drug-likeness (QED) is 0.670. The van der Waals surface area contributed by atoms with Crippen molar-refractivity contribution in [3.63, 3.8) is 0 Å². The van der Waals surface area contributed by atoms with Crippen LogP contribution in [0.15, 0.2) is 54.9 Å². The molecule has 0 saturated carbocycles. The second-order valence-corrected chi connectivity index (χ2v) is 6.02. The number of pyridine rings is 1. The summed E-state index contributed by atoms with van der Waals surface area (Å²) >= 11 is 0. The van der Waals surface area contributed by atoms with Gasteiger partial charge in [0.15, 0.2) is 0 Å². The average Bonchev–Trinajstić information content (AvgIpc) is 2.63. The van der Waals surface area contributed by atoms with Crippen LogP contribution in [0.2, 0.25) is 0 Å². The summed E-state index contributed by atoms with van der Waals surface area (Å²) < 4.78 is 5.01. The summed E-state index contributed by atoms with van der Waals surface area (Å²) in [5.41, 5.74) is 3.70. The Hall–Kier alpha value is -1.97. The highest BCUT2D eigenvalue weighted by atomic mass is 16.5. The van der Waals surface area contributed by atoms with Crippen molar-refractivity contribution >= 4 is 6.08 Å². The minimum Gasteiger partial charge on any atom is -0.389 e. The van der Waals surface area contributed by atoms with Gasteiger partial charge in [-0.2, -0.15) is 0 Å². The predicted molar refractivity (Wildman–Crippen MR) is 98.9 cm³/mol. The SMILES string of the molecule is COCCCCC(O)C=Cc1ccc(CCc2cccnc2)cc1. The third-order valence-corrected chi connectivity index (χ3v) is 4.01. The Morgan fingerprint density at radius 1 is 1.08 bits per heavy atom. The normalized spacial score (nSPS) is 12.6. The van der Waals surface area contributed by atoms with Crippen molar-refractivity contribution in [3.8, 4) is 0 Å². The number of ether oxygens (including phenoxy) is 1. The van der Waals surface area contributed by atoms with E-state index in [1.54, 1.807) is 13.3 Å². The Balaban J connectivity index is 1.75. The van der Waals surface area contributed by atoms with Gasteiger partial charge >= 0.3 is 0 Å². The van der Waals surface area contributed by atoms with Crippen molar-refractivity contribution in [3.05, 3.63) is 71.6 Å². The minimum atomic E-state index is -0.382. The van der Waals surface area contributed by atoms with Crippen molar-refractivity contribution in [2.45, 2.75) is 38.2 Å². The van der Waals surface area contributed by atoms with Crippen LogP contribution < -0.4 is 0 Å². The van der Waals surface area contributed by atoms with Crippen molar-refractivity contribution in [1.82, 2.24) is 4.98 Å². The van der Waals surface area contributed by atoms with Gasteiger partial charge in [-0.1, -0.05) is 42.5 Å². The molecule has 2 aromatic rings. The van der Waals surface area contributed by atoms with E-state index in [-0.39, 0.29) is 6.10 Å². The van der Waals surface area contributed by atoms with E-state index < -0.39 is 0 Å². The van der Waals surface area contributed by atoms with Crippen LogP contribution >= 0.6 is 0 Å². The Morgan fingerprint density at radius 3 is 2.58 bits per heavy atom. The summed E-state index contributed by atoms with van der Waals surface area (Å²) in [6.07, 6.45) is 12.0. The van der Waals surface area contributed by atoms with E-state index in [1.165, 1.54) is 11.1 Å². The summed E-state index contributed by atoms with van der Waals surface area (Å²) in [5.74, 6) is 0. The number of aliphatic hydroxyl groups is 1. The second kappa shape index (κ2) is 10.7. The lowest BCUT2D eigenvalue weighted by Crippen LogP contribution is -2.02. The number of aromatic nitrogens is 1. The van der Waals surface area contributed by atoms with E-state index >= 15 is 0 Å². The molecule has 0 spiro atoms. The van der Waals surface area contributed by atoms with E-state index in [2.05, 4.69) is 35.3 Å². The molecule has 3 heteroatoms. The molecule has 0 aliphatic heterocycles. The van der Waals surface area contributed by atoms with Crippen molar-refractivity contribution in [2.24, 2.45) is 0 Å². The smallest absolute Gasteiger partial charge is 0.0724 e. The molecule has 2 rings (SSSR count). The molecule has 0 saturated heterocycles. The van der Waals surface area contributed by atoms with E-state index in [0.29, 0.717) is 0 Å². The topological polar surface area (TPSA) is 42.4 Å². The van der Waals surface area contributed by atoms with E-state index in [9.17, 15) is 5.11 Å². The zero-order chi connectivity index (χ0) is 17.0. The predicted octanol–water partition coefficient (Wildman–Crippen LogP) is 4.06. The maximum atomic E-state index is 9.94. The highest BCUT2D eigenvalue weighted by Crippen LogP contribution is 2.11. The van der Waals surface area contributed by atoms with E-state index in [4.69, 9.17) is 4.74 Å². The van der Waals surface area contributed by atoms with Crippen molar-refractivity contribution in [2.75, 3.05) is 13.7 Å². The fourth-order valence-corrected chi connectivity index (χ4v) is 2.55. The lowest BCUT2D eigenvalue weighted by molar-refractivity contribution is 0.176. The van der Waals surface area contributed by atoms with Crippen LogP contribution in [0.4, 0.5) is 0 Å². The summed E-state index contributed by atoms with van der Waals surface area (Å²) in [4.78, 5) is 4.14. The molecule has 0 fully saturated rings. The lowest BCUT2D eigenvalue weighted by atomic mass is 10.0. The third kappa shape index (κ3) is 7.07. The maximum absolute atomic E-state index is 9.94. The molecule has 0 aliphatic rings. The Bertz CT molecular complexity index is 593. The fourth-order valence-electron chi connectivity index (χ4n) is 2.55. The second-order valence-electron chi connectivity index (χ2n) is 6.02. The molecule has 1 heterocycles. The first kappa shape index (κ1) is 18.4. The largest absolute Gasteiger partial charge is 0.389 e. The maximum Gasteiger partial charge on any atom is 0.0724 e. The number of methoxy groups -OCH3 is 1. The molecule has 24 heavy (non-hydrogen) atoms. The highest BCUT2D eigenvalue weighted by Gasteiger charge is 2.00. The molecule has 128 valence electrons. The van der Waals surface area contributed by atoms with Crippen LogP contribution in [0.25, 0.3) is 6.08 Å². The zero-order valence-electron chi connectivity index (χ0n) is 14.4. The van der Waals surface area contributed by atoms with Gasteiger partial charge < -0.3 is 9.84 Å². The first-order valence-corrected chi connectivity index (χ1v) is 8.61. The zero-order valence-corrected chi connectivity index (χ0v) is 14.4. The number of aliphatic hydroxyl groups excluding tert-OH is 1. The summed E-state index contributed by atoms with van der Waals surface area (Å²) in [6.45, 7) is 0.761. The molecule has 1 aromatic heterocycles. The molecular weight excluding hydrogens is 298 g/mol. The Labute approximate surface area is 145 Å². The van der Waals surface area contributed by atoms with Gasteiger partial charge in [-0.05, 0) is 54.9 Å². The van der Waals surface area contributed by atoms with Gasteiger partial charge in [-0.25, -0.2) is 0 Å². The molecule has 0 amide bonds. The van der Waals surface area contributed by atoms with Gasteiger partial charge in [0.1, 0.15) is 0 Å². The monoisotopic (exact) mass is 325 g/mol. The van der Waals surface area contributed by atoms with Gasteiger partial charge in [-0.15, -0.1) is 0 Å².